The summed E-state index contributed by atoms with van der Waals surface area (Å²) >= 11 is 0. The molecule has 0 bridgehead atoms. The molecule has 0 atom stereocenters. The molecule has 3 aromatic carbocycles. The smallest absolute Gasteiger partial charge is 0.364 e. The minimum Gasteiger partial charge on any atom is -0.421 e. The number of hydrazone groups is 1. The maximum atomic E-state index is 12.2. The number of para-hydroxylation sites is 1. The van der Waals surface area contributed by atoms with Crippen molar-refractivity contribution in [2.24, 2.45) is 5.10 Å². The van der Waals surface area contributed by atoms with Gasteiger partial charge in [0.25, 0.3) is 0 Å². The third-order valence-corrected chi connectivity index (χ3v) is 4.34. The zero-order valence-corrected chi connectivity index (χ0v) is 14.9. The van der Waals surface area contributed by atoms with Crippen LogP contribution < -0.4 is 5.01 Å². The van der Waals surface area contributed by atoms with E-state index in [0.29, 0.717) is 5.76 Å². The normalized spacial score (nSPS) is 14.8. The van der Waals surface area contributed by atoms with Gasteiger partial charge in [0.05, 0.1) is 5.69 Å². The van der Waals surface area contributed by atoms with Gasteiger partial charge in [-0.1, -0.05) is 72.8 Å². The molecule has 0 spiro atoms. The molecule has 0 saturated carbocycles. The van der Waals surface area contributed by atoms with Crippen molar-refractivity contribution < 1.29 is 9.53 Å². The summed E-state index contributed by atoms with van der Waals surface area (Å²) in [5.74, 6) is 0.0692. The first kappa shape index (κ1) is 16.8. The first-order chi connectivity index (χ1) is 13.2. The van der Waals surface area contributed by atoms with Crippen LogP contribution in [0.15, 0.2) is 96.1 Å². The standard InChI is InChI=1S/C23H18N2O2/c1-25(20-10-6-3-7-11-20)24-21-16-22(27-23(21)26)19-14-12-18(13-15-19)17-8-4-2-5-9-17/h2-16H,1H3. The van der Waals surface area contributed by atoms with Crippen LogP contribution in [0.5, 0.6) is 0 Å². The van der Waals surface area contributed by atoms with Gasteiger partial charge in [-0.05, 0) is 23.3 Å². The van der Waals surface area contributed by atoms with E-state index in [1.807, 2.05) is 72.8 Å². The number of carbonyl (C=O) groups is 1. The first-order valence-corrected chi connectivity index (χ1v) is 8.68. The van der Waals surface area contributed by atoms with Gasteiger partial charge in [-0.2, -0.15) is 5.10 Å². The molecular formula is C23H18N2O2. The highest BCUT2D eigenvalue weighted by atomic mass is 16.5. The molecule has 27 heavy (non-hydrogen) atoms. The number of cyclic esters (lactones) is 1. The van der Waals surface area contributed by atoms with E-state index < -0.39 is 5.97 Å². The Labute approximate surface area is 158 Å². The molecular weight excluding hydrogens is 336 g/mol. The molecule has 132 valence electrons. The van der Waals surface area contributed by atoms with E-state index in [0.717, 1.165) is 22.4 Å². The summed E-state index contributed by atoms with van der Waals surface area (Å²) in [5.41, 5.74) is 4.28. The molecule has 0 unspecified atom stereocenters. The summed E-state index contributed by atoms with van der Waals surface area (Å²) in [6.45, 7) is 0. The van der Waals surface area contributed by atoms with Crippen LogP contribution >= 0.6 is 0 Å². The average molecular weight is 354 g/mol. The molecule has 3 aromatic rings. The highest BCUT2D eigenvalue weighted by Gasteiger charge is 2.24. The molecule has 1 aliphatic rings. The first-order valence-electron chi connectivity index (χ1n) is 8.68. The van der Waals surface area contributed by atoms with Gasteiger partial charge in [-0.15, -0.1) is 0 Å². The van der Waals surface area contributed by atoms with E-state index in [1.165, 1.54) is 0 Å². The highest BCUT2D eigenvalue weighted by Crippen LogP contribution is 2.26. The summed E-state index contributed by atoms with van der Waals surface area (Å²) < 4.78 is 5.41. The number of hydrogen-bond donors (Lipinski definition) is 0. The Morgan fingerprint density at radius 1 is 0.741 bits per heavy atom. The summed E-state index contributed by atoms with van der Waals surface area (Å²) in [6, 6.07) is 27.7. The van der Waals surface area contributed by atoms with Crippen LogP contribution in [0.4, 0.5) is 5.69 Å². The molecule has 0 aromatic heterocycles. The van der Waals surface area contributed by atoms with Crippen molar-refractivity contribution in [3.05, 3.63) is 96.6 Å². The molecule has 0 aliphatic carbocycles. The van der Waals surface area contributed by atoms with Gasteiger partial charge in [-0.3, -0.25) is 5.01 Å². The third-order valence-electron chi connectivity index (χ3n) is 4.34. The number of benzene rings is 3. The predicted octanol–water partition coefficient (Wildman–Crippen LogP) is 4.74. The van der Waals surface area contributed by atoms with Crippen LogP contribution in [0, 0.1) is 0 Å². The Morgan fingerprint density at radius 3 is 1.96 bits per heavy atom. The van der Waals surface area contributed by atoms with E-state index in [9.17, 15) is 4.79 Å². The minimum atomic E-state index is -0.445. The van der Waals surface area contributed by atoms with Crippen LogP contribution in [0.1, 0.15) is 5.56 Å². The second-order valence-electron chi connectivity index (χ2n) is 6.19. The quantitative estimate of drug-likeness (QED) is 0.502. The monoisotopic (exact) mass is 354 g/mol. The fourth-order valence-electron chi connectivity index (χ4n) is 2.90. The van der Waals surface area contributed by atoms with Crippen molar-refractivity contribution in [1.29, 1.82) is 0 Å². The van der Waals surface area contributed by atoms with Gasteiger partial charge >= 0.3 is 5.97 Å². The predicted molar refractivity (Wildman–Crippen MR) is 108 cm³/mol. The largest absolute Gasteiger partial charge is 0.421 e. The third kappa shape index (κ3) is 3.65. The van der Waals surface area contributed by atoms with Gasteiger partial charge in [0.1, 0.15) is 5.76 Å². The molecule has 0 amide bonds. The van der Waals surface area contributed by atoms with E-state index >= 15 is 0 Å². The van der Waals surface area contributed by atoms with Crippen molar-refractivity contribution in [2.45, 2.75) is 0 Å². The van der Waals surface area contributed by atoms with Crippen LogP contribution in [0.2, 0.25) is 0 Å². The van der Waals surface area contributed by atoms with Crippen LogP contribution in [0.25, 0.3) is 16.9 Å². The molecule has 1 heterocycles. The Morgan fingerprint density at radius 2 is 1.30 bits per heavy atom. The molecule has 4 nitrogen and oxygen atoms in total. The number of carbonyl (C=O) groups excluding carboxylic acids is 1. The lowest BCUT2D eigenvalue weighted by Gasteiger charge is -2.12. The number of rotatable bonds is 4. The average Bonchev–Trinajstić information content (AvgIpc) is 3.10. The number of anilines is 1. The van der Waals surface area contributed by atoms with E-state index in [4.69, 9.17) is 4.74 Å². The van der Waals surface area contributed by atoms with E-state index in [1.54, 1.807) is 18.1 Å². The van der Waals surface area contributed by atoms with Crippen molar-refractivity contribution in [3.8, 4) is 11.1 Å². The minimum absolute atomic E-state index is 0.281. The van der Waals surface area contributed by atoms with Crippen LogP contribution in [-0.4, -0.2) is 18.7 Å². The Kier molecular flexibility index (Phi) is 4.54. The molecule has 0 radical (unpaired) electrons. The molecule has 4 heteroatoms. The molecule has 4 rings (SSSR count). The summed E-state index contributed by atoms with van der Waals surface area (Å²) in [6.07, 6.45) is 1.68. The summed E-state index contributed by atoms with van der Waals surface area (Å²) in [5, 5.41) is 6.03. The van der Waals surface area contributed by atoms with E-state index in [2.05, 4.69) is 17.2 Å². The lowest BCUT2D eigenvalue weighted by molar-refractivity contribution is -0.128. The maximum Gasteiger partial charge on any atom is 0.364 e. The van der Waals surface area contributed by atoms with Crippen molar-refractivity contribution in [2.75, 3.05) is 12.1 Å². The second-order valence-corrected chi connectivity index (χ2v) is 6.19. The van der Waals surface area contributed by atoms with Crippen molar-refractivity contribution >= 4 is 23.1 Å². The van der Waals surface area contributed by atoms with Gasteiger partial charge < -0.3 is 4.74 Å². The van der Waals surface area contributed by atoms with Crippen molar-refractivity contribution in [3.63, 3.8) is 0 Å². The number of esters is 1. The highest BCUT2D eigenvalue weighted by molar-refractivity contribution is 6.45. The Balaban J connectivity index is 1.57. The molecule has 0 saturated heterocycles. The Bertz CT molecular complexity index is 1010. The van der Waals surface area contributed by atoms with E-state index in [-0.39, 0.29) is 5.71 Å². The number of nitrogens with zero attached hydrogens (tertiary/aromatic N) is 2. The molecule has 1 aliphatic heterocycles. The summed E-state index contributed by atoms with van der Waals surface area (Å²) in [4.78, 5) is 12.2. The van der Waals surface area contributed by atoms with Crippen molar-refractivity contribution in [1.82, 2.24) is 0 Å². The molecule has 0 fully saturated rings. The zero-order valence-electron chi connectivity index (χ0n) is 14.9. The molecule has 0 N–H and O–H groups in total. The van der Waals surface area contributed by atoms with Crippen LogP contribution in [0.3, 0.4) is 0 Å². The zero-order chi connectivity index (χ0) is 18.6. The summed E-state index contributed by atoms with van der Waals surface area (Å²) in [7, 11) is 1.80. The number of ether oxygens (including phenoxy) is 1. The number of hydrogen-bond acceptors (Lipinski definition) is 4. The fraction of sp³-hybridized carbons (Fsp3) is 0.0435. The maximum absolute atomic E-state index is 12.2. The SMILES string of the molecule is CN(N=C1C=C(c2ccc(-c3ccccc3)cc2)OC1=O)c1ccccc1. The topological polar surface area (TPSA) is 41.9 Å². The fourth-order valence-corrected chi connectivity index (χ4v) is 2.90. The second kappa shape index (κ2) is 7.30. The lowest BCUT2D eigenvalue weighted by Crippen LogP contribution is -2.16. The lowest BCUT2D eigenvalue weighted by atomic mass is 10.0. The van der Waals surface area contributed by atoms with Gasteiger partial charge in [0.15, 0.2) is 5.71 Å². The van der Waals surface area contributed by atoms with Crippen LogP contribution in [-0.2, 0) is 9.53 Å². The van der Waals surface area contributed by atoms with Gasteiger partial charge in [0, 0.05) is 18.7 Å². The Hall–Kier alpha value is -3.66. The van der Waals surface area contributed by atoms with Gasteiger partial charge in [0.2, 0.25) is 0 Å². The van der Waals surface area contributed by atoms with Gasteiger partial charge in [-0.25, -0.2) is 4.79 Å².